The average molecular weight is 346 g/mol. The van der Waals surface area contributed by atoms with Crippen LogP contribution in [0.1, 0.15) is 26.3 Å². The molecule has 0 saturated heterocycles. The summed E-state index contributed by atoms with van der Waals surface area (Å²) in [6, 6.07) is 11.0. The molecule has 0 amide bonds. The van der Waals surface area contributed by atoms with Crippen LogP contribution >= 0.6 is 0 Å². The monoisotopic (exact) mass is 347 g/mol. The Bertz CT molecular complexity index is 923. The van der Waals surface area contributed by atoms with E-state index in [1.165, 1.54) is 12.1 Å². The van der Waals surface area contributed by atoms with Crippen LogP contribution in [0.4, 0.5) is 0 Å². The van der Waals surface area contributed by atoms with Gasteiger partial charge in [0.1, 0.15) is 0 Å². The van der Waals surface area contributed by atoms with E-state index < -0.39 is 5.97 Å². The molecule has 2 aromatic carbocycles. The number of hydrogen-bond acceptors (Lipinski definition) is 3. The van der Waals surface area contributed by atoms with E-state index in [-0.39, 0.29) is 35.8 Å². The van der Waals surface area contributed by atoms with Gasteiger partial charge < -0.3 is 0 Å². The molecule has 0 bridgehead atoms. The van der Waals surface area contributed by atoms with Crippen molar-refractivity contribution < 1.29 is 14.7 Å². The molecule has 0 atom stereocenters. The fourth-order valence-corrected chi connectivity index (χ4v) is 3.74. The van der Waals surface area contributed by atoms with Gasteiger partial charge >= 0.3 is 124 Å². The van der Waals surface area contributed by atoms with Crippen molar-refractivity contribution in [1.29, 1.82) is 0 Å². The third-order valence-electron chi connectivity index (χ3n) is 3.09. The first-order valence-electron chi connectivity index (χ1n) is 6.06. The molecule has 0 spiro atoms. The summed E-state index contributed by atoms with van der Waals surface area (Å²) in [5.74, 6) is -1.49. The van der Waals surface area contributed by atoms with E-state index in [1.54, 1.807) is 30.3 Å². The number of benzene rings is 2. The molecule has 0 fully saturated rings. The van der Waals surface area contributed by atoms with Crippen molar-refractivity contribution in [2.75, 3.05) is 0 Å². The molecule has 1 aromatic heterocycles. The predicted molar refractivity (Wildman–Crippen MR) is 78.3 cm³/mol. The number of carboxylic acid groups (broad SMARTS) is 1. The molecule has 0 unspecified atom stereocenters. The molecular weight excluding hydrogens is 337 g/mol. The summed E-state index contributed by atoms with van der Waals surface area (Å²) < 4.78 is 0.763. The van der Waals surface area contributed by atoms with Gasteiger partial charge in [0.2, 0.25) is 0 Å². The minimum absolute atomic E-state index is 0.0253. The normalized spacial score (nSPS) is 10.7. The van der Waals surface area contributed by atoms with E-state index in [2.05, 4.69) is 4.98 Å². The van der Waals surface area contributed by atoms with Crippen LogP contribution in [0.25, 0.3) is 9.78 Å². The van der Waals surface area contributed by atoms with Gasteiger partial charge in [-0.25, -0.2) is 0 Å². The van der Waals surface area contributed by atoms with Crippen molar-refractivity contribution >= 4 is 36.0 Å². The van der Waals surface area contributed by atoms with Crippen molar-refractivity contribution in [3.05, 3.63) is 68.4 Å². The van der Waals surface area contributed by atoms with E-state index >= 15 is 0 Å². The van der Waals surface area contributed by atoms with Gasteiger partial charge in [0.05, 0.1) is 0 Å². The van der Waals surface area contributed by atoms with Crippen molar-refractivity contribution in [1.82, 2.24) is 4.98 Å². The first-order valence-corrected chi connectivity index (χ1v) is 7.77. The fraction of sp³-hybridized carbons (Fsp3) is 0. The predicted octanol–water partition coefficient (Wildman–Crippen LogP) is 1.51. The molecular formula is C15H9NO4Se. The maximum atomic E-state index is 12.5. The van der Waals surface area contributed by atoms with Crippen molar-refractivity contribution in [3.63, 3.8) is 0 Å². The molecule has 1 heterocycles. The van der Waals surface area contributed by atoms with E-state index in [4.69, 9.17) is 5.11 Å². The van der Waals surface area contributed by atoms with Crippen molar-refractivity contribution in [3.8, 4) is 0 Å². The number of fused-ring (bicyclic) bond motifs is 1. The molecule has 21 heavy (non-hydrogen) atoms. The summed E-state index contributed by atoms with van der Waals surface area (Å²) in [5, 5.41) is 9.15. The zero-order chi connectivity index (χ0) is 15.0. The number of aromatic nitrogens is 1. The van der Waals surface area contributed by atoms with Crippen LogP contribution in [0.5, 0.6) is 0 Å². The summed E-state index contributed by atoms with van der Waals surface area (Å²) in [7, 11) is 0. The molecule has 0 saturated carbocycles. The molecule has 5 nitrogen and oxygen atoms in total. The van der Waals surface area contributed by atoms with E-state index in [0.29, 0.717) is 5.56 Å². The Kier molecular flexibility index (Phi) is 3.33. The number of ketones is 1. The molecule has 104 valence electrons. The molecule has 2 N–H and O–H groups in total. The molecule has 6 heteroatoms. The molecule has 0 aliphatic heterocycles. The Morgan fingerprint density at radius 3 is 2.48 bits per heavy atom. The second-order valence-electron chi connectivity index (χ2n) is 4.41. The number of hydrogen-bond donors (Lipinski definition) is 2. The van der Waals surface area contributed by atoms with Crippen LogP contribution in [0.3, 0.4) is 0 Å². The van der Waals surface area contributed by atoms with Crippen LogP contribution < -0.4 is 4.43 Å². The van der Waals surface area contributed by atoms with Gasteiger partial charge in [-0.05, 0) is 0 Å². The molecule has 3 aromatic rings. The second-order valence-corrected chi connectivity index (χ2v) is 6.53. The Labute approximate surface area is 124 Å². The molecule has 3 rings (SSSR count). The van der Waals surface area contributed by atoms with Crippen molar-refractivity contribution in [2.45, 2.75) is 0 Å². The van der Waals surface area contributed by atoms with Crippen LogP contribution in [-0.2, 0) is 0 Å². The van der Waals surface area contributed by atoms with Crippen LogP contribution in [-0.4, -0.2) is 36.3 Å². The van der Waals surface area contributed by atoms with Gasteiger partial charge in [-0.3, -0.25) is 0 Å². The summed E-state index contributed by atoms with van der Waals surface area (Å²) in [4.78, 5) is 37.7. The van der Waals surface area contributed by atoms with Crippen molar-refractivity contribution in [2.24, 2.45) is 0 Å². The van der Waals surface area contributed by atoms with Crippen LogP contribution in [0, 0.1) is 0 Å². The first kappa shape index (κ1) is 13.5. The summed E-state index contributed by atoms with van der Waals surface area (Å²) >= 11 is -0.349. The minimum atomic E-state index is -1.14. The molecule has 0 radical (unpaired) electrons. The maximum absolute atomic E-state index is 12.5. The zero-order valence-electron chi connectivity index (χ0n) is 10.6. The quantitative estimate of drug-likeness (QED) is 0.556. The Morgan fingerprint density at radius 2 is 1.76 bits per heavy atom. The van der Waals surface area contributed by atoms with Gasteiger partial charge in [-0.1, -0.05) is 0 Å². The van der Waals surface area contributed by atoms with E-state index in [9.17, 15) is 14.4 Å². The van der Waals surface area contributed by atoms with E-state index in [1.807, 2.05) is 0 Å². The third-order valence-corrected chi connectivity index (χ3v) is 4.86. The molecule has 0 aliphatic rings. The van der Waals surface area contributed by atoms with Gasteiger partial charge in [0, 0.05) is 0 Å². The Hall–Kier alpha value is -2.43. The second kappa shape index (κ2) is 5.16. The number of aromatic carboxylic acids is 1. The number of H-pyrrole nitrogens is 1. The zero-order valence-corrected chi connectivity index (χ0v) is 12.3. The molecule has 0 aliphatic carbocycles. The topological polar surface area (TPSA) is 87.2 Å². The summed E-state index contributed by atoms with van der Waals surface area (Å²) in [6.45, 7) is 0. The van der Waals surface area contributed by atoms with Crippen LogP contribution in [0.15, 0.2) is 47.3 Å². The van der Waals surface area contributed by atoms with Gasteiger partial charge in [0.25, 0.3) is 0 Å². The van der Waals surface area contributed by atoms with Gasteiger partial charge in [0.15, 0.2) is 0 Å². The number of nitrogens with one attached hydrogen (secondary N) is 1. The fourth-order valence-electron chi connectivity index (χ4n) is 2.11. The van der Waals surface area contributed by atoms with Crippen LogP contribution in [0.2, 0.25) is 0 Å². The average Bonchev–Trinajstić information content (AvgIpc) is 2.85. The van der Waals surface area contributed by atoms with Gasteiger partial charge in [-0.2, -0.15) is 0 Å². The standard InChI is InChI=1S/C15H9NO4Se/c17-13(9-3-1-2-4-10(9)14(18)19)8-5-6-11-12(7-8)21-15(20)16-11/h1-7H,(H,16,20)(H,18,19). The third kappa shape index (κ3) is 2.46. The number of carboxylic acids is 1. The summed E-state index contributed by atoms with van der Waals surface area (Å²) in [6.07, 6.45) is 0. The first-order chi connectivity index (χ1) is 10.1. The number of aromatic amines is 1. The number of carbonyl (C=O) groups excluding carboxylic acids is 1. The van der Waals surface area contributed by atoms with E-state index in [0.717, 1.165) is 9.78 Å². The number of carbonyl (C=O) groups is 2. The SMILES string of the molecule is O=C(O)c1ccccc1C(=O)c1ccc2[nH]c(=O)[se]c2c1. The Balaban J connectivity index is 2.12. The Morgan fingerprint density at radius 1 is 1.05 bits per heavy atom. The van der Waals surface area contributed by atoms with Gasteiger partial charge in [-0.15, -0.1) is 0 Å². The summed E-state index contributed by atoms with van der Waals surface area (Å²) in [5.41, 5.74) is 1.24. The number of rotatable bonds is 3.